The SMILES string of the molecule is COc1nc(-c2ccc3oc(C)nc3c2)cs1. The molecule has 0 unspecified atom stereocenters. The van der Waals surface area contributed by atoms with Crippen LogP contribution in [0.4, 0.5) is 0 Å². The number of fused-ring (bicyclic) bond motifs is 1. The summed E-state index contributed by atoms with van der Waals surface area (Å²) in [5, 5.41) is 2.63. The van der Waals surface area contributed by atoms with Gasteiger partial charge in [0.25, 0.3) is 5.19 Å². The molecule has 0 N–H and O–H groups in total. The van der Waals surface area contributed by atoms with Gasteiger partial charge in [-0.05, 0) is 18.2 Å². The van der Waals surface area contributed by atoms with Gasteiger partial charge in [-0.25, -0.2) is 9.97 Å². The van der Waals surface area contributed by atoms with Crippen LogP contribution in [0.2, 0.25) is 0 Å². The molecular weight excluding hydrogens is 236 g/mol. The number of aryl methyl sites for hydroxylation is 1. The molecule has 4 nitrogen and oxygen atoms in total. The summed E-state index contributed by atoms with van der Waals surface area (Å²) in [6.07, 6.45) is 0. The molecule has 0 aliphatic rings. The number of benzene rings is 1. The number of thiazole rings is 1. The lowest BCUT2D eigenvalue weighted by atomic mass is 10.1. The molecule has 0 saturated carbocycles. The fourth-order valence-electron chi connectivity index (χ4n) is 1.69. The third kappa shape index (κ3) is 1.78. The zero-order valence-electron chi connectivity index (χ0n) is 9.43. The second-order valence-electron chi connectivity index (χ2n) is 3.62. The van der Waals surface area contributed by atoms with Crippen molar-refractivity contribution < 1.29 is 9.15 Å². The molecule has 0 radical (unpaired) electrons. The van der Waals surface area contributed by atoms with Gasteiger partial charge < -0.3 is 9.15 Å². The number of ether oxygens (including phenoxy) is 1. The molecule has 2 aromatic heterocycles. The fraction of sp³-hybridized carbons (Fsp3) is 0.167. The van der Waals surface area contributed by atoms with Crippen LogP contribution in [0.5, 0.6) is 5.19 Å². The summed E-state index contributed by atoms with van der Waals surface area (Å²) < 4.78 is 10.5. The van der Waals surface area contributed by atoms with Gasteiger partial charge in [-0.2, -0.15) is 0 Å². The Hall–Kier alpha value is -1.88. The Balaban J connectivity index is 2.10. The maximum atomic E-state index is 5.43. The number of nitrogens with zero attached hydrogens (tertiary/aromatic N) is 2. The lowest BCUT2D eigenvalue weighted by Crippen LogP contribution is -1.82. The van der Waals surface area contributed by atoms with Crippen molar-refractivity contribution in [3.63, 3.8) is 0 Å². The second-order valence-corrected chi connectivity index (χ2v) is 4.44. The molecule has 2 heterocycles. The molecule has 3 rings (SSSR count). The largest absolute Gasteiger partial charge is 0.473 e. The number of rotatable bonds is 2. The van der Waals surface area contributed by atoms with Crippen molar-refractivity contribution >= 4 is 22.4 Å². The van der Waals surface area contributed by atoms with Gasteiger partial charge in [-0.3, -0.25) is 0 Å². The maximum absolute atomic E-state index is 5.43. The lowest BCUT2D eigenvalue weighted by molar-refractivity contribution is 0.412. The molecule has 1 aromatic carbocycles. The minimum atomic E-state index is 0.663. The zero-order valence-corrected chi connectivity index (χ0v) is 10.2. The molecule has 0 amide bonds. The lowest BCUT2D eigenvalue weighted by Gasteiger charge is -1.95. The quantitative estimate of drug-likeness (QED) is 0.696. The van der Waals surface area contributed by atoms with Crippen LogP contribution in [0.15, 0.2) is 28.0 Å². The first-order valence-corrected chi connectivity index (χ1v) is 6.01. The summed E-state index contributed by atoms with van der Waals surface area (Å²) >= 11 is 1.48. The average molecular weight is 246 g/mol. The highest BCUT2D eigenvalue weighted by Crippen LogP contribution is 2.28. The van der Waals surface area contributed by atoms with Crippen LogP contribution in [-0.4, -0.2) is 17.1 Å². The van der Waals surface area contributed by atoms with Crippen LogP contribution in [0.1, 0.15) is 5.89 Å². The number of methoxy groups -OCH3 is 1. The Morgan fingerprint density at radius 3 is 2.94 bits per heavy atom. The molecule has 0 bridgehead atoms. The highest BCUT2D eigenvalue weighted by molar-refractivity contribution is 7.11. The second kappa shape index (κ2) is 3.85. The van der Waals surface area contributed by atoms with Crippen molar-refractivity contribution in [1.82, 2.24) is 9.97 Å². The number of hydrogen-bond acceptors (Lipinski definition) is 5. The minimum Gasteiger partial charge on any atom is -0.473 e. The first kappa shape index (κ1) is 10.3. The number of aromatic nitrogens is 2. The summed E-state index contributed by atoms with van der Waals surface area (Å²) in [6, 6.07) is 5.86. The van der Waals surface area contributed by atoms with E-state index in [2.05, 4.69) is 9.97 Å². The Bertz CT molecular complexity index is 672. The Kier molecular flexibility index (Phi) is 2.33. The Morgan fingerprint density at radius 2 is 2.18 bits per heavy atom. The average Bonchev–Trinajstić information content (AvgIpc) is 2.92. The van der Waals surface area contributed by atoms with Crippen molar-refractivity contribution in [2.75, 3.05) is 7.11 Å². The molecule has 86 valence electrons. The molecule has 5 heteroatoms. The molecule has 17 heavy (non-hydrogen) atoms. The molecular formula is C12H10N2O2S. The predicted octanol–water partition coefficient (Wildman–Crippen LogP) is 3.27. The highest BCUT2D eigenvalue weighted by atomic mass is 32.1. The van der Waals surface area contributed by atoms with E-state index in [1.54, 1.807) is 7.11 Å². The van der Waals surface area contributed by atoms with Crippen LogP contribution in [0.3, 0.4) is 0 Å². The maximum Gasteiger partial charge on any atom is 0.273 e. The molecule has 0 atom stereocenters. The highest BCUT2D eigenvalue weighted by Gasteiger charge is 2.08. The third-order valence-electron chi connectivity index (χ3n) is 2.45. The van der Waals surface area contributed by atoms with Crippen molar-refractivity contribution in [2.24, 2.45) is 0 Å². The van der Waals surface area contributed by atoms with Gasteiger partial charge >= 0.3 is 0 Å². The summed E-state index contributed by atoms with van der Waals surface area (Å²) in [4.78, 5) is 8.65. The molecule has 0 saturated heterocycles. The van der Waals surface area contributed by atoms with Gasteiger partial charge in [0.1, 0.15) is 5.52 Å². The van der Waals surface area contributed by atoms with E-state index >= 15 is 0 Å². The van der Waals surface area contributed by atoms with Crippen LogP contribution >= 0.6 is 11.3 Å². The fourth-order valence-corrected chi connectivity index (χ4v) is 2.33. The van der Waals surface area contributed by atoms with Crippen molar-refractivity contribution in [3.05, 3.63) is 29.5 Å². The van der Waals surface area contributed by atoms with E-state index in [4.69, 9.17) is 9.15 Å². The monoisotopic (exact) mass is 246 g/mol. The zero-order chi connectivity index (χ0) is 11.8. The molecule has 3 aromatic rings. The smallest absolute Gasteiger partial charge is 0.273 e. The summed E-state index contributed by atoms with van der Waals surface area (Å²) in [5.74, 6) is 0.674. The van der Waals surface area contributed by atoms with E-state index in [9.17, 15) is 0 Å². The summed E-state index contributed by atoms with van der Waals surface area (Å²) in [6.45, 7) is 1.84. The van der Waals surface area contributed by atoms with Gasteiger partial charge in [0.15, 0.2) is 11.5 Å². The first-order chi connectivity index (χ1) is 8.26. The van der Waals surface area contributed by atoms with Gasteiger partial charge in [0.05, 0.1) is 12.8 Å². The summed E-state index contributed by atoms with van der Waals surface area (Å²) in [7, 11) is 1.62. The first-order valence-electron chi connectivity index (χ1n) is 5.13. The van der Waals surface area contributed by atoms with Crippen LogP contribution < -0.4 is 4.74 Å². The summed E-state index contributed by atoms with van der Waals surface area (Å²) in [5.41, 5.74) is 3.57. The van der Waals surface area contributed by atoms with Crippen molar-refractivity contribution in [3.8, 4) is 16.5 Å². The minimum absolute atomic E-state index is 0.663. The van der Waals surface area contributed by atoms with Crippen LogP contribution in [0.25, 0.3) is 22.4 Å². The van der Waals surface area contributed by atoms with Crippen molar-refractivity contribution in [1.29, 1.82) is 0 Å². The van der Waals surface area contributed by atoms with E-state index in [-0.39, 0.29) is 0 Å². The van der Waals surface area contributed by atoms with E-state index < -0.39 is 0 Å². The Labute approximate surface area is 102 Å². The standard InChI is InChI=1S/C12H10N2O2S/c1-7-13-9-5-8(3-4-11(9)16-7)10-6-17-12(14-10)15-2/h3-6H,1-2H3. The van der Waals surface area contributed by atoms with E-state index in [1.165, 1.54) is 11.3 Å². The number of oxazole rings is 1. The van der Waals surface area contributed by atoms with E-state index in [1.807, 2.05) is 30.5 Å². The molecule has 0 aliphatic heterocycles. The molecule has 0 spiro atoms. The number of hydrogen-bond donors (Lipinski definition) is 0. The predicted molar refractivity (Wildman–Crippen MR) is 66.4 cm³/mol. The van der Waals surface area contributed by atoms with Crippen LogP contribution in [0, 0.1) is 6.92 Å². The third-order valence-corrected chi connectivity index (χ3v) is 3.25. The van der Waals surface area contributed by atoms with E-state index in [0.717, 1.165) is 22.4 Å². The Morgan fingerprint density at radius 1 is 1.29 bits per heavy atom. The molecule has 0 aliphatic carbocycles. The molecule has 0 fully saturated rings. The van der Waals surface area contributed by atoms with Gasteiger partial charge in [-0.15, -0.1) is 0 Å². The van der Waals surface area contributed by atoms with Gasteiger partial charge in [-0.1, -0.05) is 11.3 Å². The topological polar surface area (TPSA) is 48.2 Å². The van der Waals surface area contributed by atoms with Crippen LogP contribution in [-0.2, 0) is 0 Å². The van der Waals surface area contributed by atoms with E-state index in [0.29, 0.717) is 11.1 Å². The van der Waals surface area contributed by atoms with Gasteiger partial charge in [0, 0.05) is 17.9 Å². The van der Waals surface area contributed by atoms with Crippen molar-refractivity contribution in [2.45, 2.75) is 6.92 Å². The van der Waals surface area contributed by atoms with Gasteiger partial charge in [0.2, 0.25) is 0 Å². The normalized spacial score (nSPS) is 10.9.